The molecule has 0 heterocycles. The number of nitriles is 1. The Bertz CT molecular complexity index is 588. The van der Waals surface area contributed by atoms with Crippen LogP contribution >= 0.6 is 35.1 Å². The molecule has 90 valence electrons. The first-order chi connectivity index (χ1) is 8.74. The van der Waals surface area contributed by atoms with E-state index in [1.807, 2.05) is 48.7 Å². The molecule has 18 heavy (non-hydrogen) atoms. The van der Waals surface area contributed by atoms with Crippen molar-refractivity contribution < 1.29 is 0 Å². The molecule has 0 unspecified atom stereocenters. The van der Waals surface area contributed by atoms with Crippen molar-refractivity contribution in [1.82, 2.24) is 0 Å². The molecule has 0 aliphatic carbocycles. The van der Waals surface area contributed by atoms with Gasteiger partial charge in [-0.3, -0.25) is 0 Å². The lowest BCUT2D eigenvalue weighted by Crippen LogP contribution is -1.85. The fourth-order valence-electron chi connectivity index (χ4n) is 1.51. The first kappa shape index (κ1) is 13.4. The molecule has 0 saturated carbocycles. The third-order valence-corrected chi connectivity index (χ3v) is 4.46. The summed E-state index contributed by atoms with van der Waals surface area (Å²) >= 11 is 9.03. The Kier molecular flexibility index (Phi) is 4.60. The molecular formula is C14H10ClNS2. The van der Waals surface area contributed by atoms with Gasteiger partial charge in [-0.05, 0) is 42.7 Å². The van der Waals surface area contributed by atoms with Crippen molar-refractivity contribution in [2.45, 2.75) is 14.7 Å². The van der Waals surface area contributed by atoms with Gasteiger partial charge in [-0.15, -0.1) is 11.8 Å². The quantitative estimate of drug-likeness (QED) is 0.736. The Morgan fingerprint density at radius 2 is 1.72 bits per heavy atom. The van der Waals surface area contributed by atoms with Crippen LogP contribution in [0.2, 0.25) is 5.02 Å². The van der Waals surface area contributed by atoms with Gasteiger partial charge < -0.3 is 0 Å². The van der Waals surface area contributed by atoms with Crippen molar-refractivity contribution in [3.8, 4) is 6.07 Å². The standard InChI is InChI=1S/C14H10ClNS2/c1-17-13-3-2-4-14(12(13)9-16)18-11-7-5-10(15)6-8-11/h2-8H,1H3. The molecule has 0 aliphatic heterocycles. The van der Waals surface area contributed by atoms with Crippen molar-refractivity contribution in [3.63, 3.8) is 0 Å². The Balaban J connectivity index is 2.35. The van der Waals surface area contributed by atoms with Crippen molar-refractivity contribution in [1.29, 1.82) is 5.26 Å². The van der Waals surface area contributed by atoms with Gasteiger partial charge in [0.1, 0.15) is 6.07 Å². The summed E-state index contributed by atoms with van der Waals surface area (Å²) < 4.78 is 0. The molecule has 1 nitrogen and oxygen atoms in total. The maximum atomic E-state index is 9.25. The predicted octanol–water partition coefficient (Wildman–Crippen LogP) is 5.08. The summed E-state index contributed by atoms with van der Waals surface area (Å²) in [5.41, 5.74) is 0.741. The number of benzene rings is 2. The van der Waals surface area contributed by atoms with E-state index in [0.717, 1.165) is 25.3 Å². The van der Waals surface area contributed by atoms with Crippen LogP contribution in [-0.2, 0) is 0 Å². The predicted molar refractivity (Wildman–Crippen MR) is 78.5 cm³/mol. The summed E-state index contributed by atoms with van der Waals surface area (Å²) in [5.74, 6) is 0. The number of hydrogen-bond donors (Lipinski definition) is 0. The number of halogens is 1. The maximum Gasteiger partial charge on any atom is 0.101 e. The summed E-state index contributed by atoms with van der Waals surface area (Å²) in [7, 11) is 0. The molecule has 0 aromatic heterocycles. The van der Waals surface area contributed by atoms with Gasteiger partial charge in [-0.25, -0.2) is 0 Å². The molecule has 0 bridgehead atoms. The molecule has 0 saturated heterocycles. The smallest absolute Gasteiger partial charge is 0.101 e. The highest BCUT2D eigenvalue weighted by Crippen LogP contribution is 2.34. The average molecular weight is 292 g/mol. The normalized spacial score (nSPS) is 10.1. The van der Waals surface area contributed by atoms with Crippen molar-refractivity contribution in [3.05, 3.63) is 53.1 Å². The number of hydrogen-bond acceptors (Lipinski definition) is 3. The van der Waals surface area contributed by atoms with E-state index in [0.29, 0.717) is 0 Å². The second kappa shape index (κ2) is 6.19. The van der Waals surface area contributed by atoms with Crippen molar-refractivity contribution in [2.75, 3.05) is 6.26 Å². The van der Waals surface area contributed by atoms with E-state index in [2.05, 4.69) is 6.07 Å². The molecule has 0 radical (unpaired) electrons. The van der Waals surface area contributed by atoms with Gasteiger partial charge >= 0.3 is 0 Å². The number of rotatable bonds is 3. The van der Waals surface area contributed by atoms with E-state index in [1.54, 1.807) is 23.5 Å². The summed E-state index contributed by atoms with van der Waals surface area (Å²) in [4.78, 5) is 3.07. The van der Waals surface area contributed by atoms with Crippen LogP contribution in [-0.4, -0.2) is 6.26 Å². The van der Waals surface area contributed by atoms with Crippen LogP contribution in [0.4, 0.5) is 0 Å². The molecule has 2 aromatic carbocycles. The molecule has 0 atom stereocenters. The molecule has 0 N–H and O–H groups in total. The lowest BCUT2D eigenvalue weighted by atomic mass is 10.2. The lowest BCUT2D eigenvalue weighted by molar-refractivity contribution is 1.25. The van der Waals surface area contributed by atoms with Gasteiger partial charge in [-0.1, -0.05) is 29.4 Å². The minimum atomic E-state index is 0.720. The van der Waals surface area contributed by atoms with Crippen LogP contribution in [0, 0.1) is 11.3 Å². The topological polar surface area (TPSA) is 23.8 Å². The number of thioether (sulfide) groups is 1. The van der Waals surface area contributed by atoms with Crippen LogP contribution in [0.3, 0.4) is 0 Å². The number of nitrogens with zero attached hydrogens (tertiary/aromatic N) is 1. The molecule has 4 heteroatoms. The SMILES string of the molecule is CSc1cccc(Sc2ccc(Cl)cc2)c1C#N. The first-order valence-electron chi connectivity index (χ1n) is 5.25. The minimum Gasteiger partial charge on any atom is -0.192 e. The van der Waals surface area contributed by atoms with Crippen LogP contribution in [0.1, 0.15) is 5.56 Å². The van der Waals surface area contributed by atoms with E-state index in [4.69, 9.17) is 11.6 Å². The minimum absolute atomic E-state index is 0.720. The largest absolute Gasteiger partial charge is 0.192 e. The van der Waals surface area contributed by atoms with Gasteiger partial charge in [0.15, 0.2) is 0 Å². The molecule has 0 fully saturated rings. The van der Waals surface area contributed by atoms with Crippen molar-refractivity contribution >= 4 is 35.1 Å². The fourth-order valence-corrected chi connectivity index (χ4v) is 3.20. The highest BCUT2D eigenvalue weighted by molar-refractivity contribution is 8.00. The molecule has 2 aromatic rings. The maximum absolute atomic E-state index is 9.25. The Labute approximate surface area is 120 Å². The van der Waals surface area contributed by atoms with E-state index >= 15 is 0 Å². The summed E-state index contributed by atoms with van der Waals surface area (Å²) in [6.07, 6.45) is 1.98. The van der Waals surface area contributed by atoms with Gasteiger partial charge in [0, 0.05) is 19.7 Å². The van der Waals surface area contributed by atoms with E-state index in [1.165, 1.54) is 0 Å². The average Bonchev–Trinajstić information content (AvgIpc) is 2.41. The van der Waals surface area contributed by atoms with E-state index in [9.17, 15) is 5.26 Å². The van der Waals surface area contributed by atoms with Crippen molar-refractivity contribution in [2.24, 2.45) is 0 Å². The monoisotopic (exact) mass is 291 g/mol. The Morgan fingerprint density at radius 1 is 1.06 bits per heavy atom. The summed E-state index contributed by atoms with van der Waals surface area (Å²) in [6.45, 7) is 0. The van der Waals surface area contributed by atoms with Gasteiger partial charge in [0.05, 0.1) is 5.56 Å². The van der Waals surface area contributed by atoms with E-state index < -0.39 is 0 Å². The van der Waals surface area contributed by atoms with E-state index in [-0.39, 0.29) is 0 Å². The Hall–Kier alpha value is -1.08. The first-order valence-corrected chi connectivity index (χ1v) is 7.67. The fraction of sp³-hybridized carbons (Fsp3) is 0.0714. The zero-order valence-corrected chi connectivity index (χ0v) is 12.1. The van der Waals surface area contributed by atoms with Crippen LogP contribution in [0.5, 0.6) is 0 Å². The third-order valence-electron chi connectivity index (χ3n) is 2.36. The highest BCUT2D eigenvalue weighted by Gasteiger charge is 2.08. The molecule has 0 spiro atoms. The molecule has 0 aliphatic rings. The van der Waals surface area contributed by atoms with Crippen LogP contribution < -0.4 is 0 Å². The summed E-state index contributed by atoms with van der Waals surface area (Å²) in [6, 6.07) is 15.8. The zero-order valence-electron chi connectivity index (χ0n) is 9.68. The summed E-state index contributed by atoms with van der Waals surface area (Å²) in [5, 5.41) is 9.97. The van der Waals surface area contributed by atoms with Gasteiger partial charge in [-0.2, -0.15) is 5.26 Å². The van der Waals surface area contributed by atoms with Crippen LogP contribution in [0.15, 0.2) is 57.2 Å². The third kappa shape index (κ3) is 3.02. The highest BCUT2D eigenvalue weighted by atomic mass is 35.5. The Morgan fingerprint density at radius 3 is 2.33 bits per heavy atom. The second-order valence-electron chi connectivity index (χ2n) is 3.50. The second-order valence-corrected chi connectivity index (χ2v) is 5.90. The van der Waals surface area contributed by atoms with Crippen LogP contribution in [0.25, 0.3) is 0 Å². The zero-order chi connectivity index (χ0) is 13.0. The lowest BCUT2D eigenvalue weighted by Gasteiger charge is -2.07. The van der Waals surface area contributed by atoms with Gasteiger partial charge in [0.2, 0.25) is 0 Å². The molecule has 2 rings (SSSR count). The molecule has 0 amide bonds. The molecular weight excluding hydrogens is 282 g/mol. The van der Waals surface area contributed by atoms with Gasteiger partial charge in [0.25, 0.3) is 0 Å².